The van der Waals surface area contributed by atoms with Gasteiger partial charge in [0.25, 0.3) is 0 Å². The maximum Gasteiger partial charge on any atom is 0.136 e. The van der Waals surface area contributed by atoms with Crippen molar-refractivity contribution in [2.75, 3.05) is 20.1 Å². The van der Waals surface area contributed by atoms with Gasteiger partial charge in [-0.25, -0.2) is 0 Å². The lowest BCUT2D eigenvalue weighted by Crippen LogP contribution is -2.21. The molecule has 0 aromatic rings. The van der Waals surface area contributed by atoms with Gasteiger partial charge in [0.1, 0.15) is 6.29 Å². The molecular formula is C12H29N3O. The third-order valence-corrected chi connectivity index (χ3v) is 2.20. The fourth-order valence-corrected chi connectivity index (χ4v) is 1.14. The lowest BCUT2D eigenvalue weighted by Gasteiger charge is -2.00. The van der Waals surface area contributed by atoms with E-state index in [1.54, 1.807) is 0 Å². The summed E-state index contributed by atoms with van der Waals surface area (Å²) in [5.74, 6) is 0. The van der Waals surface area contributed by atoms with Gasteiger partial charge in [-0.2, -0.15) is 0 Å². The van der Waals surface area contributed by atoms with Crippen LogP contribution in [0.4, 0.5) is 0 Å². The fourth-order valence-electron chi connectivity index (χ4n) is 1.14. The van der Waals surface area contributed by atoms with Crippen LogP contribution in [0, 0.1) is 0 Å². The topological polar surface area (TPSA) is 81.1 Å². The number of hydrogen-bond donors (Lipinski definition) is 3. The van der Waals surface area contributed by atoms with Crippen molar-refractivity contribution in [1.29, 1.82) is 0 Å². The van der Waals surface area contributed by atoms with Gasteiger partial charge in [0.15, 0.2) is 0 Å². The molecule has 0 fully saturated rings. The highest BCUT2D eigenvalue weighted by atomic mass is 16.1. The molecule has 0 aliphatic rings. The fraction of sp³-hybridized carbons (Fsp3) is 0.917. The molecule has 0 aliphatic carbocycles. The summed E-state index contributed by atoms with van der Waals surface area (Å²) >= 11 is 0. The molecule has 0 aromatic heterocycles. The first-order valence-corrected chi connectivity index (χ1v) is 6.28. The number of nitrogens with two attached hydrogens (primary N) is 2. The molecule has 4 heteroatoms. The quantitative estimate of drug-likeness (QED) is 0.409. The standard InChI is InChI=1S/C6H14N2O.C6H15N/c7-4-2-1-3-6(8)5-9;1-3-4-5-6-7-2/h5-6H,1-4,7-8H2;7H,3-6H2,1-2H3. The molecule has 0 amide bonds. The highest BCUT2D eigenvalue weighted by Crippen LogP contribution is 1.94. The van der Waals surface area contributed by atoms with E-state index >= 15 is 0 Å². The summed E-state index contributed by atoms with van der Waals surface area (Å²) in [7, 11) is 2.00. The molecule has 0 radical (unpaired) electrons. The monoisotopic (exact) mass is 231 g/mol. The van der Waals surface area contributed by atoms with Gasteiger partial charge in [0.05, 0.1) is 6.04 Å². The second-order valence-electron chi connectivity index (χ2n) is 3.90. The maximum absolute atomic E-state index is 9.94. The summed E-state index contributed by atoms with van der Waals surface area (Å²) in [5, 5.41) is 3.10. The number of carbonyl (C=O) groups is 1. The van der Waals surface area contributed by atoms with Gasteiger partial charge < -0.3 is 21.6 Å². The largest absolute Gasteiger partial charge is 0.330 e. The summed E-state index contributed by atoms with van der Waals surface area (Å²) in [6.07, 6.45) is 7.46. The van der Waals surface area contributed by atoms with Gasteiger partial charge in [-0.1, -0.05) is 26.2 Å². The van der Waals surface area contributed by atoms with Gasteiger partial charge >= 0.3 is 0 Å². The molecular weight excluding hydrogens is 202 g/mol. The summed E-state index contributed by atoms with van der Waals surface area (Å²) in [6.45, 7) is 4.08. The molecule has 1 unspecified atom stereocenters. The van der Waals surface area contributed by atoms with Crippen LogP contribution in [0.2, 0.25) is 0 Å². The molecule has 0 aliphatic heterocycles. The summed E-state index contributed by atoms with van der Waals surface area (Å²) in [4.78, 5) is 9.94. The van der Waals surface area contributed by atoms with Crippen molar-refractivity contribution in [3.63, 3.8) is 0 Å². The lowest BCUT2D eigenvalue weighted by atomic mass is 10.1. The van der Waals surface area contributed by atoms with E-state index in [4.69, 9.17) is 11.5 Å². The molecule has 4 nitrogen and oxygen atoms in total. The summed E-state index contributed by atoms with van der Waals surface area (Å²) in [6, 6.07) is -0.281. The van der Waals surface area contributed by atoms with Crippen molar-refractivity contribution >= 4 is 6.29 Å². The number of aldehydes is 1. The first-order valence-electron chi connectivity index (χ1n) is 6.28. The van der Waals surface area contributed by atoms with E-state index in [0.29, 0.717) is 6.54 Å². The molecule has 0 saturated heterocycles. The molecule has 0 spiro atoms. The Kier molecular flexibility index (Phi) is 19.0. The van der Waals surface area contributed by atoms with E-state index in [0.717, 1.165) is 25.5 Å². The van der Waals surface area contributed by atoms with Gasteiger partial charge in [-0.15, -0.1) is 0 Å². The van der Waals surface area contributed by atoms with Crippen LogP contribution < -0.4 is 16.8 Å². The van der Waals surface area contributed by atoms with E-state index in [1.807, 2.05) is 7.05 Å². The van der Waals surface area contributed by atoms with Gasteiger partial charge in [0, 0.05) is 0 Å². The maximum atomic E-state index is 9.94. The SMILES string of the molecule is CCCCCNC.NCCCCC(N)C=O. The van der Waals surface area contributed by atoms with Crippen LogP contribution in [0.25, 0.3) is 0 Å². The van der Waals surface area contributed by atoms with Crippen molar-refractivity contribution < 1.29 is 4.79 Å². The van der Waals surface area contributed by atoms with Crippen LogP contribution in [0.15, 0.2) is 0 Å². The molecule has 0 aromatic carbocycles. The zero-order valence-corrected chi connectivity index (χ0v) is 10.9. The normalized spacial score (nSPS) is 11.5. The van der Waals surface area contributed by atoms with Gasteiger partial charge in [-0.3, -0.25) is 0 Å². The van der Waals surface area contributed by atoms with E-state index in [2.05, 4.69) is 12.2 Å². The highest BCUT2D eigenvalue weighted by Gasteiger charge is 1.96. The molecule has 0 saturated carbocycles. The second-order valence-corrected chi connectivity index (χ2v) is 3.90. The number of rotatable bonds is 9. The van der Waals surface area contributed by atoms with Crippen LogP contribution in [0.1, 0.15) is 45.4 Å². The van der Waals surface area contributed by atoms with Crippen LogP contribution in [0.3, 0.4) is 0 Å². The third kappa shape index (κ3) is 19.2. The van der Waals surface area contributed by atoms with Gasteiger partial charge in [0.2, 0.25) is 0 Å². The molecule has 0 heterocycles. The molecule has 16 heavy (non-hydrogen) atoms. The Labute approximate surface area is 100 Å². The first-order chi connectivity index (χ1) is 7.72. The summed E-state index contributed by atoms with van der Waals surface area (Å²) in [5.41, 5.74) is 10.5. The van der Waals surface area contributed by atoms with Crippen molar-refractivity contribution in [3.8, 4) is 0 Å². The Balaban J connectivity index is 0. The van der Waals surface area contributed by atoms with Gasteiger partial charge in [-0.05, 0) is 39.4 Å². The molecule has 0 bridgehead atoms. The first kappa shape index (κ1) is 17.9. The average molecular weight is 231 g/mol. The third-order valence-electron chi connectivity index (χ3n) is 2.20. The Morgan fingerprint density at radius 2 is 1.94 bits per heavy atom. The molecule has 1 atom stereocenters. The number of hydrogen-bond acceptors (Lipinski definition) is 4. The molecule has 5 N–H and O–H groups in total. The summed E-state index contributed by atoms with van der Waals surface area (Å²) < 4.78 is 0. The minimum Gasteiger partial charge on any atom is -0.330 e. The Morgan fingerprint density at radius 1 is 1.25 bits per heavy atom. The van der Waals surface area contributed by atoms with Crippen LogP contribution in [0.5, 0.6) is 0 Å². The van der Waals surface area contributed by atoms with E-state index in [1.165, 1.54) is 25.8 Å². The second kappa shape index (κ2) is 17.0. The van der Waals surface area contributed by atoms with Crippen molar-refractivity contribution in [2.45, 2.75) is 51.5 Å². The predicted octanol–water partition coefficient (Wildman–Crippen LogP) is 1.04. The van der Waals surface area contributed by atoms with Crippen molar-refractivity contribution in [2.24, 2.45) is 11.5 Å². The molecule has 98 valence electrons. The van der Waals surface area contributed by atoms with Crippen LogP contribution in [-0.4, -0.2) is 32.5 Å². The minimum absolute atomic E-state index is 0.281. The zero-order chi connectivity index (χ0) is 12.6. The highest BCUT2D eigenvalue weighted by molar-refractivity contribution is 5.56. The Hall–Kier alpha value is -0.450. The van der Waals surface area contributed by atoms with Crippen LogP contribution >= 0.6 is 0 Å². The van der Waals surface area contributed by atoms with E-state index in [9.17, 15) is 4.79 Å². The van der Waals surface area contributed by atoms with Crippen LogP contribution in [-0.2, 0) is 4.79 Å². The number of unbranched alkanes of at least 4 members (excludes halogenated alkanes) is 3. The zero-order valence-electron chi connectivity index (χ0n) is 10.9. The predicted molar refractivity (Wildman–Crippen MR) is 70.4 cm³/mol. The number of nitrogens with one attached hydrogen (secondary N) is 1. The van der Waals surface area contributed by atoms with E-state index in [-0.39, 0.29) is 6.04 Å². The lowest BCUT2D eigenvalue weighted by molar-refractivity contribution is -0.109. The Bertz CT molecular complexity index is 127. The van der Waals surface area contributed by atoms with E-state index < -0.39 is 0 Å². The Morgan fingerprint density at radius 3 is 2.38 bits per heavy atom. The average Bonchev–Trinajstić information content (AvgIpc) is 2.31. The smallest absolute Gasteiger partial charge is 0.136 e. The molecule has 0 rings (SSSR count). The van der Waals surface area contributed by atoms with Crippen molar-refractivity contribution in [1.82, 2.24) is 5.32 Å². The van der Waals surface area contributed by atoms with Crippen molar-refractivity contribution in [3.05, 3.63) is 0 Å². The minimum atomic E-state index is -0.281. The number of carbonyl (C=O) groups excluding carboxylic acids is 1.